The number of nitrogens with zero attached hydrogens (tertiary/aromatic N) is 1. The van der Waals surface area contributed by atoms with Crippen molar-refractivity contribution in [2.24, 2.45) is 5.73 Å². The van der Waals surface area contributed by atoms with Gasteiger partial charge in [-0.15, -0.1) is 0 Å². The Morgan fingerprint density at radius 2 is 2.00 bits per heavy atom. The molecule has 3 heteroatoms. The molecular weight excluding hydrogens is 179 g/mol. The summed E-state index contributed by atoms with van der Waals surface area (Å²) in [4.78, 5) is 0. The topological polar surface area (TPSA) is 49.8 Å². The molecule has 0 amide bonds. The zero-order valence-corrected chi connectivity index (χ0v) is 8.13. The van der Waals surface area contributed by atoms with Crippen LogP contribution in [0.1, 0.15) is 18.9 Å². The highest BCUT2D eigenvalue weighted by molar-refractivity contribution is 5.17. The van der Waals surface area contributed by atoms with Crippen LogP contribution in [0.25, 0.3) is 0 Å². The fourth-order valence-electron chi connectivity index (χ4n) is 1.11. The first-order valence-electron chi connectivity index (χ1n) is 4.48. The molecule has 2 N–H and O–H groups in total. The lowest BCUT2D eigenvalue weighted by Gasteiger charge is -2.14. The number of halogens is 1. The molecule has 1 unspecified atom stereocenters. The molecule has 0 radical (unpaired) electrons. The van der Waals surface area contributed by atoms with Gasteiger partial charge in [-0.1, -0.05) is 12.1 Å². The van der Waals surface area contributed by atoms with Crippen LogP contribution in [0.2, 0.25) is 0 Å². The summed E-state index contributed by atoms with van der Waals surface area (Å²) in [6.07, 6.45) is 1.27. The lowest BCUT2D eigenvalue weighted by atomic mass is 9.96. The molecule has 0 aliphatic heterocycles. The Kier molecular flexibility index (Phi) is 3.21. The van der Waals surface area contributed by atoms with Crippen LogP contribution < -0.4 is 5.73 Å². The van der Waals surface area contributed by atoms with E-state index >= 15 is 0 Å². The third-order valence-electron chi connectivity index (χ3n) is 2.10. The first-order valence-corrected chi connectivity index (χ1v) is 4.48. The van der Waals surface area contributed by atoms with Crippen LogP contribution >= 0.6 is 0 Å². The molecule has 0 bridgehead atoms. The van der Waals surface area contributed by atoms with E-state index in [1.165, 1.54) is 12.1 Å². The van der Waals surface area contributed by atoms with Gasteiger partial charge in [0.25, 0.3) is 0 Å². The monoisotopic (exact) mass is 192 g/mol. The maximum absolute atomic E-state index is 12.6. The Morgan fingerprint density at radius 3 is 2.50 bits per heavy atom. The van der Waals surface area contributed by atoms with E-state index in [-0.39, 0.29) is 5.82 Å². The third kappa shape index (κ3) is 3.15. The lowest BCUT2D eigenvalue weighted by Crippen LogP contribution is -2.34. The van der Waals surface area contributed by atoms with Crippen molar-refractivity contribution in [1.29, 1.82) is 5.26 Å². The van der Waals surface area contributed by atoms with Crippen molar-refractivity contribution in [2.45, 2.75) is 25.3 Å². The maximum Gasteiger partial charge on any atom is 0.123 e. The van der Waals surface area contributed by atoms with E-state index in [1.807, 2.05) is 6.07 Å². The average molecular weight is 192 g/mol. The molecule has 0 saturated carbocycles. The van der Waals surface area contributed by atoms with E-state index in [0.29, 0.717) is 12.8 Å². The number of rotatable bonds is 3. The fraction of sp³-hybridized carbons (Fsp3) is 0.364. The van der Waals surface area contributed by atoms with Crippen LogP contribution in [0.15, 0.2) is 24.3 Å². The molecule has 14 heavy (non-hydrogen) atoms. The molecule has 1 aromatic carbocycles. The number of benzene rings is 1. The summed E-state index contributed by atoms with van der Waals surface area (Å²) < 4.78 is 12.6. The minimum Gasteiger partial charge on any atom is -0.314 e. The SMILES string of the molecule is CC(N)(C#N)CCc1ccc(F)cc1. The lowest BCUT2D eigenvalue weighted by molar-refractivity contribution is 0.546. The predicted octanol–water partition coefficient (Wildman–Crippen LogP) is 2.00. The van der Waals surface area contributed by atoms with Crippen LogP contribution in [-0.4, -0.2) is 5.54 Å². The first kappa shape index (κ1) is 10.7. The van der Waals surface area contributed by atoms with Crippen molar-refractivity contribution < 1.29 is 4.39 Å². The summed E-state index contributed by atoms with van der Waals surface area (Å²) in [5.74, 6) is -0.246. The van der Waals surface area contributed by atoms with Crippen molar-refractivity contribution in [3.63, 3.8) is 0 Å². The molecule has 1 rings (SSSR count). The Bertz CT molecular complexity index is 335. The Hall–Kier alpha value is -1.40. The van der Waals surface area contributed by atoms with Crippen molar-refractivity contribution in [3.8, 4) is 6.07 Å². The highest BCUT2D eigenvalue weighted by Gasteiger charge is 2.16. The first-order chi connectivity index (χ1) is 6.53. The second-order valence-corrected chi connectivity index (χ2v) is 3.66. The fourth-order valence-corrected chi connectivity index (χ4v) is 1.11. The van der Waals surface area contributed by atoms with Gasteiger partial charge in [0.15, 0.2) is 0 Å². The summed E-state index contributed by atoms with van der Waals surface area (Å²) >= 11 is 0. The number of nitrogens with two attached hydrogens (primary N) is 1. The largest absolute Gasteiger partial charge is 0.314 e. The number of hydrogen-bond acceptors (Lipinski definition) is 2. The van der Waals surface area contributed by atoms with Crippen LogP contribution in [0.3, 0.4) is 0 Å². The molecule has 1 atom stereocenters. The van der Waals surface area contributed by atoms with Gasteiger partial charge in [-0.05, 0) is 37.5 Å². The van der Waals surface area contributed by atoms with Crippen molar-refractivity contribution >= 4 is 0 Å². The number of nitriles is 1. The van der Waals surface area contributed by atoms with Gasteiger partial charge >= 0.3 is 0 Å². The van der Waals surface area contributed by atoms with Gasteiger partial charge in [-0.2, -0.15) is 5.26 Å². The summed E-state index contributed by atoms with van der Waals surface area (Å²) in [6, 6.07) is 8.27. The van der Waals surface area contributed by atoms with Gasteiger partial charge in [-0.3, -0.25) is 0 Å². The van der Waals surface area contributed by atoms with E-state index in [9.17, 15) is 4.39 Å². The van der Waals surface area contributed by atoms with Crippen molar-refractivity contribution in [1.82, 2.24) is 0 Å². The molecule has 0 saturated heterocycles. The third-order valence-corrected chi connectivity index (χ3v) is 2.10. The van der Waals surface area contributed by atoms with Gasteiger partial charge < -0.3 is 5.73 Å². The molecule has 0 aromatic heterocycles. The molecular formula is C11H13FN2. The average Bonchev–Trinajstić information content (AvgIpc) is 2.17. The van der Waals surface area contributed by atoms with E-state index in [4.69, 9.17) is 11.0 Å². The molecule has 0 aliphatic rings. The van der Waals surface area contributed by atoms with Crippen LogP contribution in [0.4, 0.5) is 4.39 Å². The number of aryl methyl sites for hydroxylation is 1. The van der Waals surface area contributed by atoms with E-state index in [0.717, 1.165) is 5.56 Å². The van der Waals surface area contributed by atoms with Gasteiger partial charge in [-0.25, -0.2) is 4.39 Å². The molecule has 1 aromatic rings. The summed E-state index contributed by atoms with van der Waals surface area (Å²) in [6.45, 7) is 1.69. The van der Waals surface area contributed by atoms with Gasteiger partial charge in [0.2, 0.25) is 0 Å². The molecule has 0 fully saturated rings. The predicted molar refractivity (Wildman–Crippen MR) is 52.9 cm³/mol. The number of hydrogen-bond donors (Lipinski definition) is 1. The molecule has 0 aliphatic carbocycles. The highest BCUT2D eigenvalue weighted by atomic mass is 19.1. The molecule has 0 heterocycles. The van der Waals surface area contributed by atoms with Crippen LogP contribution in [0.5, 0.6) is 0 Å². The zero-order valence-electron chi connectivity index (χ0n) is 8.13. The standard InChI is InChI=1S/C11H13FN2/c1-11(14,8-13)7-6-9-2-4-10(12)5-3-9/h2-5H,6-7,14H2,1H3. The molecule has 2 nitrogen and oxygen atoms in total. The van der Waals surface area contributed by atoms with Gasteiger partial charge in [0.05, 0.1) is 6.07 Å². The van der Waals surface area contributed by atoms with E-state index in [1.54, 1.807) is 19.1 Å². The Morgan fingerprint density at radius 1 is 1.43 bits per heavy atom. The van der Waals surface area contributed by atoms with Crippen molar-refractivity contribution in [3.05, 3.63) is 35.6 Å². The Labute approximate surface area is 83.2 Å². The maximum atomic E-state index is 12.6. The van der Waals surface area contributed by atoms with Crippen LogP contribution in [0, 0.1) is 17.1 Å². The second kappa shape index (κ2) is 4.21. The smallest absolute Gasteiger partial charge is 0.123 e. The quantitative estimate of drug-likeness (QED) is 0.796. The summed E-state index contributed by atoms with van der Waals surface area (Å²) in [7, 11) is 0. The highest BCUT2D eigenvalue weighted by Crippen LogP contribution is 2.11. The van der Waals surface area contributed by atoms with Gasteiger partial charge in [0.1, 0.15) is 11.4 Å². The minimum absolute atomic E-state index is 0.246. The second-order valence-electron chi connectivity index (χ2n) is 3.66. The summed E-state index contributed by atoms with van der Waals surface area (Å²) in [5, 5.41) is 8.68. The summed E-state index contributed by atoms with van der Waals surface area (Å²) in [5.41, 5.74) is 5.86. The van der Waals surface area contributed by atoms with E-state index in [2.05, 4.69) is 0 Å². The van der Waals surface area contributed by atoms with Gasteiger partial charge in [0, 0.05) is 0 Å². The van der Waals surface area contributed by atoms with Crippen LogP contribution in [-0.2, 0) is 6.42 Å². The zero-order chi connectivity index (χ0) is 10.6. The Balaban J connectivity index is 2.55. The normalized spacial score (nSPS) is 14.4. The minimum atomic E-state index is -0.797. The molecule has 74 valence electrons. The van der Waals surface area contributed by atoms with Crippen molar-refractivity contribution in [2.75, 3.05) is 0 Å². The van der Waals surface area contributed by atoms with E-state index < -0.39 is 5.54 Å². The molecule has 0 spiro atoms.